The molecular weight excluding hydrogens is 466 g/mol. The van der Waals surface area contributed by atoms with E-state index in [4.69, 9.17) is 28.0 Å². The zero-order valence-electron chi connectivity index (χ0n) is 19.5. The molecule has 0 aliphatic heterocycles. The Bertz CT molecular complexity index is 749. The van der Waals surface area contributed by atoms with E-state index in [9.17, 15) is 33.9 Å². The topological polar surface area (TPSA) is 283 Å². The van der Waals surface area contributed by atoms with Gasteiger partial charge in [-0.3, -0.25) is 24.0 Å². The highest BCUT2D eigenvalue weighted by Gasteiger charge is 2.31. The lowest BCUT2D eigenvalue weighted by Gasteiger charge is -2.25. The first-order valence-corrected chi connectivity index (χ1v) is 11.2. The van der Waals surface area contributed by atoms with E-state index in [2.05, 4.69) is 16.0 Å². The van der Waals surface area contributed by atoms with E-state index in [1.165, 1.54) is 0 Å². The predicted octanol–water partition coefficient (Wildman–Crippen LogP) is -3.54. The Morgan fingerprint density at radius 1 is 0.657 bits per heavy atom. The van der Waals surface area contributed by atoms with Crippen molar-refractivity contribution in [3.05, 3.63) is 0 Å². The maximum atomic E-state index is 13.0. The second kappa shape index (κ2) is 17.2. The van der Waals surface area contributed by atoms with Crippen LogP contribution in [0.2, 0.25) is 0 Å². The third-order valence-corrected chi connectivity index (χ3v) is 4.91. The van der Waals surface area contributed by atoms with Crippen LogP contribution in [0.3, 0.4) is 0 Å². The molecule has 0 aromatic carbocycles. The lowest BCUT2D eigenvalue weighted by Crippen LogP contribution is -2.57. The van der Waals surface area contributed by atoms with Crippen LogP contribution in [0, 0.1) is 0 Å². The molecule has 0 radical (unpaired) electrons. The van der Waals surface area contributed by atoms with E-state index in [-0.39, 0.29) is 12.8 Å². The van der Waals surface area contributed by atoms with Gasteiger partial charge in [-0.05, 0) is 51.6 Å². The minimum Gasteiger partial charge on any atom is -0.481 e. The summed E-state index contributed by atoms with van der Waals surface area (Å²) < 4.78 is 0. The summed E-state index contributed by atoms with van der Waals surface area (Å²) in [6.45, 7) is 0.655. The minimum absolute atomic E-state index is 0.0822. The van der Waals surface area contributed by atoms with Crippen molar-refractivity contribution in [2.75, 3.05) is 13.1 Å². The summed E-state index contributed by atoms with van der Waals surface area (Å²) in [7, 11) is 0. The fraction of sp³-hybridized carbons (Fsp3) is 0.700. The second-order valence-corrected chi connectivity index (χ2v) is 7.97. The fourth-order valence-corrected chi connectivity index (χ4v) is 3.03. The van der Waals surface area contributed by atoms with E-state index < -0.39 is 72.6 Å². The van der Waals surface area contributed by atoms with Gasteiger partial charge < -0.3 is 49.1 Å². The molecule has 0 saturated heterocycles. The normalized spacial score (nSPS) is 14.1. The van der Waals surface area contributed by atoms with Gasteiger partial charge >= 0.3 is 11.9 Å². The number of carboxylic acid groups (broad SMARTS) is 2. The summed E-state index contributed by atoms with van der Waals surface area (Å²) in [6, 6.07) is -5.35. The highest BCUT2D eigenvalue weighted by molar-refractivity contribution is 5.95. The molecule has 15 nitrogen and oxygen atoms in total. The summed E-state index contributed by atoms with van der Waals surface area (Å²) in [6.07, 6.45) is 0.833. The largest absolute Gasteiger partial charge is 0.481 e. The molecule has 4 amide bonds. The molecule has 4 atom stereocenters. The van der Waals surface area contributed by atoms with Gasteiger partial charge in [-0.1, -0.05) is 0 Å². The molecule has 0 aromatic heterocycles. The Morgan fingerprint density at radius 3 is 1.46 bits per heavy atom. The molecule has 0 heterocycles. The molecule has 0 rings (SSSR count). The third-order valence-electron chi connectivity index (χ3n) is 4.91. The molecule has 4 unspecified atom stereocenters. The number of amides is 4. The van der Waals surface area contributed by atoms with E-state index in [0.29, 0.717) is 38.8 Å². The summed E-state index contributed by atoms with van der Waals surface area (Å²) >= 11 is 0. The van der Waals surface area contributed by atoms with Gasteiger partial charge in [0.1, 0.15) is 18.1 Å². The number of carbonyl (C=O) groups is 6. The van der Waals surface area contributed by atoms with Crippen molar-refractivity contribution in [1.82, 2.24) is 16.0 Å². The Kier molecular flexibility index (Phi) is 15.6. The predicted molar refractivity (Wildman–Crippen MR) is 123 cm³/mol. The van der Waals surface area contributed by atoms with Gasteiger partial charge in [-0.2, -0.15) is 0 Å². The first-order valence-electron chi connectivity index (χ1n) is 11.2. The highest BCUT2D eigenvalue weighted by atomic mass is 16.4. The lowest BCUT2D eigenvalue weighted by atomic mass is 10.0. The summed E-state index contributed by atoms with van der Waals surface area (Å²) in [5, 5.41) is 25.1. The van der Waals surface area contributed by atoms with E-state index >= 15 is 0 Å². The molecule has 0 aliphatic carbocycles. The summed E-state index contributed by atoms with van der Waals surface area (Å²) in [4.78, 5) is 71.2. The first-order chi connectivity index (χ1) is 16.4. The Labute approximate surface area is 202 Å². The average Bonchev–Trinajstić information content (AvgIpc) is 2.76. The third kappa shape index (κ3) is 13.9. The number of hydrogen-bond acceptors (Lipinski definition) is 9. The lowest BCUT2D eigenvalue weighted by molar-refractivity contribution is -0.147. The second-order valence-electron chi connectivity index (χ2n) is 7.97. The Morgan fingerprint density at radius 2 is 1.09 bits per heavy atom. The van der Waals surface area contributed by atoms with E-state index in [0.717, 1.165) is 0 Å². The van der Waals surface area contributed by atoms with Gasteiger partial charge in [0.15, 0.2) is 0 Å². The van der Waals surface area contributed by atoms with Crippen LogP contribution < -0.4 is 38.9 Å². The quantitative estimate of drug-likeness (QED) is 0.0778. The number of carboxylic acids is 2. The summed E-state index contributed by atoms with van der Waals surface area (Å²) in [5.41, 5.74) is 21.6. The van der Waals surface area contributed by atoms with Crippen LogP contribution in [0.1, 0.15) is 51.4 Å². The van der Waals surface area contributed by atoms with Crippen molar-refractivity contribution >= 4 is 35.6 Å². The van der Waals surface area contributed by atoms with Crippen LogP contribution in [0.25, 0.3) is 0 Å². The van der Waals surface area contributed by atoms with E-state index in [1.54, 1.807) is 0 Å². The Hall–Kier alpha value is -3.30. The molecule has 35 heavy (non-hydrogen) atoms. The molecule has 200 valence electrons. The maximum Gasteiger partial charge on any atom is 0.326 e. The van der Waals surface area contributed by atoms with Crippen molar-refractivity contribution in [1.29, 1.82) is 0 Å². The number of hydrogen-bond donors (Lipinski definition) is 9. The van der Waals surface area contributed by atoms with Gasteiger partial charge in [-0.25, -0.2) is 4.79 Å². The van der Waals surface area contributed by atoms with Gasteiger partial charge in [0, 0.05) is 0 Å². The number of aliphatic carboxylic acids is 2. The van der Waals surface area contributed by atoms with Gasteiger partial charge in [0.25, 0.3) is 0 Å². The molecule has 0 bridgehead atoms. The Balaban J connectivity index is 5.55. The molecule has 0 fully saturated rings. The van der Waals surface area contributed by atoms with Crippen LogP contribution >= 0.6 is 0 Å². The number of nitrogens with two attached hydrogens (primary N) is 4. The van der Waals surface area contributed by atoms with Crippen LogP contribution in [-0.2, 0) is 28.8 Å². The molecule has 15 heteroatoms. The van der Waals surface area contributed by atoms with Crippen molar-refractivity contribution < 1.29 is 39.0 Å². The van der Waals surface area contributed by atoms with Crippen LogP contribution in [0.5, 0.6) is 0 Å². The number of primary amides is 1. The minimum atomic E-state index is -1.71. The van der Waals surface area contributed by atoms with Gasteiger partial charge in [0.05, 0.1) is 18.9 Å². The zero-order valence-corrected chi connectivity index (χ0v) is 19.5. The van der Waals surface area contributed by atoms with Crippen LogP contribution in [0.4, 0.5) is 0 Å². The SMILES string of the molecule is NCCCCC(NC(=O)C(N)CC(N)=O)C(=O)NC(CCCCN)C(=O)NC(CC(=O)O)C(=O)O. The van der Waals surface area contributed by atoms with Crippen molar-refractivity contribution in [2.45, 2.75) is 75.5 Å². The molecule has 0 aliphatic rings. The molecule has 0 saturated carbocycles. The zero-order chi connectivity index (χ0) is 27.0. The van der Waals surface area contributed by atoms with Gasteiger partial charge in [0.2, 0.25) is 23.6 Å². The molecule has 0 spiro atoms. The highest BCUT2D eigenvalue weighted by Crippen LogP contribution is 2.07. The first kappa shape index (κ1) is 31.7. The molecular formula is C20H37N7O8. The number of rotatable bonds is 19. The number of nitrogens with one attached hydrogen (secondary N) is 3. The van der Waals surface area contributed by atoms with Crippen molar-refractivity contribution in [3.8, 4) is 0 Å². The van der Waals surface area contributed by atoms with Crippen molar-refractivity contribution in [2.24, 2.45) is 22.9 Å². The summed E-state index contributed by atoms with van der Waals surface area (Å²) in [5.74, 6) is -6.24. The monoisotopic (exact) mass is 503 g/mol. The van der Waals surface area contributed by atoms with E-state index in [1.807, 2.05) is 0 Å². The molecule has 13 N–H and O–H groups in total. The van der Waals surface area contributed by atoms with Crippen LogP contribution in [-0.4, -0.2) is 83.0 Å². The number of carbonyl (C=O) groups excluding carboxylic acids is 4. The smallest absolute Gasteiger partial charge is 0.326 e. The van der Waals surface area contributed by atoms with Crippen molar-refractivity contribution in [3.63, 3.8) is 0 Å². The maximum absolute atomic E-state index is 13.0. The van der Waals surface area contributed by atoms with Gasteiger partial charge in [-0.15, -0.1) is 0 Å². The molecule has 0 aromatic rings. The average molecular weight is 504 g/mol. The number of unbranched alkanes of at least 4 members (excludes halogenated alkanes) is 2. The standard InChI is InChI=1S/C20H37N7O8/c21-7-3-1-5-12(25-17(31)11(23)9-15(24)28)18(32)26-13(6-2-4-8-22)19(33)27-14(20(34)35)10-16(29)30/h11-14H,1-10,21-23H2,(H2,24,28)(H,25,31)(H,26,32)(H,27,33)(H,29,30)(H,34,35). The van der Waals surface area contributed by atoms with Crippen LogP contribution in [0.15, 0.2) is 0 Å². The fourth-order valence-electron chi connectivity index (χ4n) is 3.03.